The topological polar surface area (TPSA) is 46.0 Å². The lowest BCUT2D eigenvalue weighted by molar-refractivity contribution is 0.259. The van der Waals surface area contributed by atoms with Crippen LogP contribution in [0.1, 0.15) is 31.0 Å². The van der Waals surface area contributed by atoms with E-state index < -0.39 is 0 Å². The highest BCUT2D eigenvalue weighted by molar-refractivity contribution is 5.60. The fraction of sp³-hybridized carbons (Fsp3) is 0.391. The first-order valence-electron chi connectivity index (χ1n) is 10.4. The van der Waals surface area contributed by atoms with E-state index in [9.17, 15) is 4.39 Å². The predicted molar refractivity (Wildman–Crippen MR) is 113 cm³/mol. The summed E-state index contributed by atoms with van der Waals surface area (Å²) in [5.41, 5.74) is 3.88. The molecule has 1 atom stereocenters. The maximum Gasteiger partial charge on any atom is 0.123 e. The zero-order valence-electron chi connectivity index (χ0n) is 16.9. The first-order chi connectivity index (χ1) is 14.2. The highest BCUT2D eigenvalue weighted by Crippen LogP contribution is 2.21. The van der Waals surface area contributed by atoms with Crippen molar-refractivity contribution in [3.05, 3.63) is 71.7 Å². The number of likely N-dealkylation sites (tertiary alicyclic amines) is 1. The number of hydrogen-bond acceptors (Lipinski definition) is 4. The van der Waals surface area contributed by atoms with E-state index in [1.165, 1.54) is 31.5 Å². The van der Waals surface area contributed by atoms with Gasteiger partial charge in [0.1, 0.15) is 17.2 Å². The highest BCUT2D eigenvalue weighted by Gasteiger charge is 2.22. The Balaban J connectivity index is 1.49. The van der Waals surface area contributed by atoms with Crippen molar-refractivity contribution in [3.8, 4) is 11.3 Å². The molecule has 1 N–H and O–H groups in total. The first kappa shape index (κ1) is 19.7. The van der Waals surface area contributed by atoms with E-state index in [-0.39, 0.29) is 5.82 Å². The third-order valence-electron chi connectivity index (χ3n) is 5.59. The van der Waals surface area contributed by atoms with Gasteiger partial charge in [-0.3, -0.25) is 4.90 Å². The number of rotatable bonds is 8. The van der Waals surface area contributed by atoms with Gasteiger partial charge in [-0.1, -0.05) is 49.4 Å². The molecule has 0 spiro atoms. The molecule has 1 aliphatic rings. The summed E-state index contributed by atoms with van der Waals surface area (Å²) in [6.07, 6.45) is 2.53. The SMILES string of the molecule is CCN1CCC[C@@H]1CNCc1nn(Cc2ccc(F)cc2)nc1-c1ccccc1. The Hall–Kier alpha value is -2.57. The van der Waals surface area contributed by atoms with Crippen LogP contribution in [0.25, 0.3) is 11.3 Å². The van der Waals surface area contributed by atoms with E-state index in [0.717, 1.165) is 35.6 Å². The Labute approximate surface area is 171 Å². The van der Waals surface area contributed by atoms with Crippen molar-refractivity contribution in [2.45, 2.75) is 38.9 Å². The molecule has 6 heteroatoms. The van der Waals surface area contributed by atoms with E-state index in [2.05, 4.69) is 29.3 Å². The number of hydrogen-bond donors (Lipinski definition) is 1. The summed E-state index contributed by atoms with van der Waals surface area (Å²) in [5.74, 6) is -0.231. The van der Waals surface area contributed by atoms with E-state index in [0.29, 0.717) is 19.1 Å². The summed E-state index contributed by atoms with van der Waals surface area (Å²) in [7, 11) is 0. The Kier molecular flexibility index (Phi) is 6.32. The summed E-state index contributed by atoms with van der Waals surface area (Å²) in [4.78, 5) is 4.25. The summed E-state index contributed by atoms with van der Waals surface area (Å²) in [5, 5.41) is 13.1. The van der Waals surface area contributed by atoms with Gasteiger partial charge in [-0.15, -0.1) is 0 Å². The van der Waals surface area contributed by atoms with Gasteiger partial charge in [0.25, 0.3) is 0 Å². The van der Waals surface area contributed by atoms with Gasteiger partial charge in [-0.05, 0) is 43.6 Å². The molecule has 1 saturated heterocycles. The van der Waals surface area contributed by atoms with Crippen LogP contribution in [0.15, 0.2) is 54.6 Å². The van der Waals surface area contributed by atoms with Crippen molar-refractivity contribution in [2.75, 3.05) is 19.6 Å². The Morgan fingerprint density at radius 2 is 1.86 bits per heavy atom. The van der Waals surface area contributed by atoms with Gasteiger partial charge in [-0.25, -0.2) is 4.39 Å². The molecule has 2 heterocycles. The molecular formula is C23H28FN5. The second-order valence-electron chi connectivity index (χ2n) is 7.57. The molecule has 29 heavy (non-hydrogen) atoms. The molecule has 2 aromatic carbocycles. The molecule has 5 nitrogen and oxygen atoms in total. The van der Waals surface area contributed by atoms with Crippen LogP contribution < -0.4 is 5.32 Å². The molecule has 1 aliphatic heterocycles. The van der Waals surface area contributed by atoms with Crippen molar-refractivity contribution >= 4 is 0 Å². The molecule has 0 radical (unpaired) electrons. The minimum atomic E-state index is -0.231. The number of nitrogens with one attached hydrogen (secondary N) is 1. The number of benzene rings is 2. The van der Waals surface area contributed by atoms with Crippen LogP contribution in [-0.4, -0.2) is 45.6 Å². The van der Waals surface area contributed by atoms with Crippen LogP contribution in [0.3, 0.4) is 0 Å². The van der Waals surface area contributed by atoms with Gasteiger partial charge in [0.2, 0.25) is 0 Å². The standard InChI is InChI=1S/C23H28FN5/c1-2-28-14-6-9-21(28)15-25-16-22-23(19-7-4-3-5-8-19)27-29(26-22)17-18-10-12-20(24)13-11-18/h3-5,7-8,10-13,21,25H,2,6,9,14-17H2,1H3/t21-/m1/s1. The number of likely N-dealkylation sites (N-methyl/N-ethyl adjacent to an activating group) is 1. The van der Waals surface area contributed by atoms with Gasteiger partial charge in [0, 0.05) is 24.7 Å². The Morgan fingerprint density at radius 1 is 1.07 bits per heavy atom. The molecule has 0 unspecified atom stereocenters. The van der Waals surface area contributed by atoms with Crippen LogP contribution in [0.4, 0.5) is 4.39 Å². The van der Waals surface area contributed by atoms with Gasteiger partial charge < -0.3 is 5.32 Å². The average Bonchev–Trinajstić information content (AvgIpc) is 3.37. The molecule has 0 aliphatic carbocycles. The second kappa shape index (κ2) is 9.29. The second-order valence-corrected chi connectivity index (χ2v) is 7.57. The van der Waals surface area contributed by atoms with E-state index >= 15 is 0 Å². The monoisotopic (exact) mass is 393 g/mol. The molecule has 0 saturated carbocycles. The van der Waals surface area contributed by atoms with Crippen molar-refractivity contribution in [3.63, 3.8) is 0 Å². The number of nitrogens with zero attached hydrogens (tertiary/aromatic N) is 4. The zero-order valence-corrected chi connectivity index (χ0v) is 16.9. The molecule has 1 aromatic heterocycles. The van der Waals surface area contributed by atoms with Crippen LogP contribution in [0, 0.1) is 5.82 Å². The lowest BCUT2D eigenvalue weighted by Crippen LogP contribution is -2.37. The molecule has 0 bridgehead atoms. The van der Waals surface area contributed by atoms with Crippen LogP contribution >= 0.6 is 0 Å². The van der Waals surface area contributed by atoms with E-state index in [1.807, 2.05) is 18.2 Å². The lowest BCUT2D eigenvalue weighted by atomic mass is 10.1. The smallest absolute Gasteiger partial charge is 0.123 e. The summed E-state index contributed by atoms with van der Waals surface area (Å²) in [6.45, 7) is 6.70. The molecule has 152 valence electrons. The Bertz CT molecular complexity index is 907. The van der Waals surface area contributed by atoms with Gasteiger partial charge in [0.15, 0.2) is 0 Å². The number of halogens is 1. The van der Waals surface area contributed by atoms with E-state index in [4.69, 9.17) is 10.2 Å². The minimum Gasteiger partial charge on any atom is -0.309 e. The van der Waals surface area contributed by atoms with Gasteiger partial charge in [0.05, 0.1) is 6.54 Å². The maximum atomic E-state index is 13.2. The van der Waals surface area contributed by atoms with Crippen LogP contribution in [0.2, 0.25) is 0 Å². The summed E-state index contributed by atoms with van der Waals surface area (Å²) < 4.78 is 13.2. The molecule has 0 amide bonds. The minimum absolute atomic E-state index is 0.231. The third kappa shape index (κ3) is 4.89. The van der Waals surface area contributed by atoms with Crippen molar-refractivity contribution in [1.82, 2.24) is 25.2 Å². The summed E-state index contributed by atoms with van der Waals surface area (Å²) >= 11 is 0. The average molecular weight is 394 g/mol. The molecule has 1 fully saturated rings. The fourth-order valence-electron chi connectivity index (χ4n) is 4.05. The van der Waals surface area contributed by atoms with Crippen molar-refractivity contribution in [2.24, 2.45) is 0 Å². The van der Waals surface area contributed by atoms with Gasteiger partial charge >= 0.3 is 0 Å². The zero-order chi connectivity index (χ0) is 20.1. The first-order valence-corrected chi connectivity index (χ1v) is 10.4. The predicted octanol–water partition coefficient (Wildman–Crippen LogP) is 3.71. The number of aromatic nitrogens is 3. The van der Waals surface area contributed by atoms with Gasteiger partial charge in [-0.2, -0.15) is 15.0 Å². The normalized spacial score (nSPS) is 17.1. The maximum absolute atomic E-state index is 13.2. The van der Waals surface area contributed by atoms with Crippen molar-refractivity contribution < 1.29 is 4.39 Å². The quantitative estimate of drug-likeness (QED) is 0.634. The Morgan fingerprint density at radius 3 is 2.62 bits per heavy atom. The lowest BCUT2D eigenvalue weighted by Gasteiger charge is -2.22. The van der Waals surface area contributed by atoms with Crippen LogP contribution in [-0.2, 0) is 13.1 Å². The fourth-order valence-corrected chi connectivity index (χ4v) is 4.05. The van der Waals surface area contributed by atoms with E-state index in [1.54, 1.807) is 16.9 Å². The molecule has 3 aromatic rings. The highest BCUT2D eigenvalue weighted by atomic mass is 19.1. The van der Waals surface area contributed by atoms with Crippen molar-refractivity contribution in [1.29, 1.82) is 0 Å². The summed E-state index contributed by atoms with van der Waals surface area (Å²) in [6, 6.07) is 17.3. The largest absolute Gasteiger partial charge is 0.309 e. The third-order valence-corrected chi connectivity index (χ3v) is 5.59. The molecule has 4 rings (SSSR count). The van der Waals surface area contributed by atoms with Crippen LogP contribution in [0.5, 0.6) is 0 Å². The molecular weight excluding hydrogens is 365 g/mol.